The number of alkyl halides is 15. The molecule has 4 N–H and O–H groups in total. The molecule has 0 saturated heterocycles. The van der Waals surface area contributed by atoms with Crippen LogP contribution in [0, 0.1) is 139 Å². The third kappa shape index (κ3) is 38.9. The van der Waals surface area contributed by atoms with Gasteiger partial charge in [-0.05, 0) is 246 Å². The fraction of sp³-hybridized carbons (Fsp3) is 0.519. The minimum absolute atomic E-state index is 0. The van der Waals surface area contributed by atoms with Gasteiger partial charge in [0, 0.05) is 130 Å². The van der Waals surface area contributed by atoms with E-state index in [1.807, 2.05) is 147 Å². The van der Waals surface area contributed by atoms with Gasteiger partial charge in [-0.2, -0.15) is 65.9 Å². The topological polar surface area (TPSA) is 113 Å². The largest absolute Gasteiger partial charge is 0.389 e. The van der Waals surface area contributed by atoms with Crippen LogP contribution in [0.15, 0.2) is 208 Å². The molecule has 9 aromatic rings. The molecule has 730 valence electrons. The average Bonchev–Trinajstić information content (AvgIpc) is 1.60. The van der Waals surface area contributed by atoms with Crippen LogP contribution in [0.2, 0.25) is 0 Å². The predicted octanol–water partition coefficient (Wildman–Crippen LogP) is 33.3. The molecule has 5 aromatic carbocycles. The summed E-state index contributed by atoms with van der Waals surface area (Å²) in [7, 11) is 0. The summed E-state index contributed by atoms with van der Waals surface area (Å²) in [5, 5.41) is 0. The minimum atomic E-state index is -5.39. The fourth-order valence-corrected chi connectivity index (χ4v) is 18.7. The van der Waals surface area contributed by atoms with Crippen LogP contribution in [0.4, 0.5) is 88.6 Å². The summed E-state index contributed by atoms with van der Waals surface area (Å²) in [4.78, 5) is 30.7. The summed E-state index contributed by atoms with van der Waals surface area (Å²) >= 11 is 0. The molecular weight excluding hydrogens is 1870 g/mol. The smallest absolute Gasteiger partial charge is 0.360 e. The summed E-state index contributed by atoms with van der Waals surface area (Å²) in [5.74, 6) is 1.51. The Kier molecular flexibility index (Phi) is 50.6. The molecule has 4 fully saturated rings. The number of para-hydroxylation sites is 4. The van der Waals surface area contributed by atoms with Crippen molar-refractivity contribution in [3.05, 3.63) is 239 Å². The van der Waals surface area contributed by atoms with E-state index in [1.54, 1.807) is 0 Å². The van der Waals surface area contributed by atoms with Crippen LogP contribution >= 0.6 is 0 Å². The Hall–Kier alpha value is -7.07. The first-order valence-electron chi connectivity index (χ1n) is 44.7. The molecule has 0 radical (unpaired) electrons. The van der Waals surface area contributed by atoms with Crippen molar-refractivity contribution < 1.29 is 134 Å². The van der Waals surface area contributed by atoms with Gasteiger partial charge >= 0.3 is 30.9 Å². The SMILES string of the molecule is C(=Nc1ccccc1-c1ccccc1)c1ccc[nH]1.CC(C)c1ccccc1N=Cc1ccc[nH]1.CC1C(C)C(C)C(C)C1C.CC1C(C)C(C)C(C)C1C.CC1C(C)C(C)C(C)C1C.Cc1cc(C)c(C=Nc2ccccc2C(C)C)[nH]1.Cc1ccccc1N=Cc1ccc[nH]1.FC(F)(F)CC1C(CC(F)(F)F)C(CC(F)(F)F)C(CC(F)(F)F)C1CC(F)(F)F.[Fe].[Fe].[Fe].[Fe]. The van der Waals surface area contributed by atoms with Crippen LogP contribution in [0.25, 0.3) is 11.1 Å². The first-order chi connectivity index (χ1) is 59.3. The van der Waals surface area contributed by atoms with Crippen LogP contribution in [-0.2, 0) is 68.3 Å². The third-order valence-electron chi connectivity index (χ3n) is 28.2. The molecule has 0 bridgehead atoms. The monoisotopic (exact) mass is 2010 g/mol. The normalized spacial score (nSPS) is 25.2. The van der Waals surface area contributed by atoms with Gasteiger partial charge in [0.05, 0.1) is 70.4 Å². The molecule has 8 nitrogen and oxygen atoms in total. The maximum absolute atomic E-state index is 12.8. The molecule has 4 saturated carbocycles. The number of hydrogen-bond donors (Lipinski definition) is 4. The van der Waals surface area contributed by atoms with E-state index in [9.17, 15) is 65.9 Å². The molecule has 4 aliphatic carbocycles. The maximum Gasteiger partial charge on any atom is 0.389 e. The molecule has 4 aliphatic rings. The molecule has 13 rings (SSSR count). The van der Waals surface area contributed by atoms with Crippen molar-refractivity contribution in [2.45, 2.75) is 227 Å². The van der Waals surface area contributed by atoms with E-state index in [2.05, 4.69) is 259 Å². The first kappa shape index (κ1) is 120. The molecule has 131 heavy (non-hydrogen) atoms. The Morgan fingerprint density at radius 2 is 0.527 bits per heavy atom. The summed E-state index contributed by atoms with van der Waals surface area (Å²) in [6.07, 6.45) is -25.6. The Labute approximate surface area is 811 Å². The molecule has 0 spiro atoms. The maximum atomic E-state index is 12.8. The average molecular weight is 2010 g/mol. The number of aromatic amines is 4. The second-order valence-corrected chi connectivity index (χ2v) is 36.9. The van der Waals surface area contributed by atoms with Gasteiger partial charge in [-0.15, -0.1) is 0 Å². The van der Waals surface area contributed by atoms with Crippen LogP contribution < -0.4 is 0 Å². The molecular formula is C104H137F15Fe4N8. The van der Waals surface area contributed by atoms with Crippen molar-refractivity contribution in [2.24, 2.45) is 138 Å². The Balaban J connectivity index is 0.000000518. The van der Waals surface area contributed by atoms with E-state index in [0.717, 1.165) is 140 Å². The second-order valence-electron chi connectivity index (χ2n) is 36.9. The second kappa shape index (κ2) is 55.2. The van der Waals surface area contributed by atoms with Crippen LogP contribution in [0.1, 0.15) is 226 Å². The van der Waals surface area contributed by atoms with E-state index in [4.69, 9.17) is 0 Å². The standard InChI is InChI=1S/C17H14N2.C16H20N2.C15H15F15.C14H16N2.C12H12N2.3C10H20.4Fe/c1-2-7-14(8-3-1)16-10-4-5-11-17(16)19-13-15-9-6-12-18-15;1-11(2)14-7-5-6-8-15(14)17-10-16-12(3)9-13(4)18-16;16-11(17,18)1-6-7(2-12(19,20)21)9(4-14(25,26)27)10(5-15(28,29)30)8(6)3-13(22,23)24;1-11(2)13-7-3-4-8-14(13)16-10-12-6-5-9-15-12;1-10-5-2-3-7-12(10)14-9-11-6-4-8-13-11;3*1-6-7(2)9(4)10(5)8(6)3;;;;/h1-13,18H;5-11,18H,1-4H3;6-10H,1-5H2;3-11,15H,1-2H3;2-9,13H,1H3;3*6-10H,1-5H3;;;;. The molecule has 4 heterocycles. The Bertz CT molecular complexity index is 4430. The zero-order valence-corrected chi connectivity index (χ0v) is 83.7. The van der Waals surface area contributed by atoms with E-state index in [0.29, 0.717) is 11.8 Å². The zero-order chi connectivity index (χ0) is 94.8. The van der Waals surface area contributed by atoms with E-state index < -0.39 is 92.6 Å². The summed E-state index contributed by atoms with van der Waals surface area (Å²) in [6, 6.07) is 57.1. The van der Waals surface area contributed by atoms with E-state index in [1.165, 1.54) is 33.5 Å². The predicted molar refractivity (Wildman–Crippen MR) is 494 cm³/mol. The third-order valence-corrected chi connectivity index (χ3v) is 28.2. The van der Waals surface area contributed by atoms with E-state index in [-0.39, 0.29) is 68.3 Å². The first-order valence-corrected chi connectivity index (χ1v) is 44.7. The molecule has 0 atom stereocenters. The van der Waals surface area contributed by atoms with Crippen molar-refractivity contribution in [2.75, 3.05) is 0 Å². The summed E-state index contributed by atoms with van der Waals surface area (Å²) in [6.45, 7) is 50.9. The van der Waals surface area contributed by atoms with Gasteiger partial charge in [0.15, 0.2) is 0 Å². The fourth-order valence-electron chi connectivity index (χ4n) is 18.7. The van der Waals surface area contributed by atoms with Gasteiger partial charge in [-0.1, -0.05) is 235 Å². The molecule has 4 aromatic heterocycles. The number of halogens is 15. The number of aryl methyl sites for hydroxylation is 3. The summed E-state index contributed by atoms with van der Waals surface area (Å²) in [5.41, 5.74) is 16.7. The minimum Gasteiger partial charge on any atom is -0.360 e. The van der Waals surface area contributed by atoms with Crippen molar-refractivity contribution in [1.29, 1.82) is 0 Å². The van der Waals surface area contributed by atoms with Crippen molar-refractivity contribution in [1.82, 2.24) is 19.9 Å². The summed E-state index contributed by atoms with van der Waals surface area (Å²) < 4.78 is 193. The zero-order valence-electron chi connectivity index (χ0n) is 79.3. The number of nitrogens with zero attached hydrogens (tertiary/aromatic N) is 4. The van der Waals surface area contributed by atoms with Gasteiger partial charge in [0.25, 0.3) is 0 Å². The Morgan fingerprint density at radius 3 is 0.786 bits per heavy atom. The number of aliphatic imine (C=N–C) groups is 4. The van der Waals surface area contributed by atoms with Crippen LogP contribution in [0.3, 0.4) is 0 Å². The molecule has 0 aliphatic heterocycles. The van der Waals surface area contributed by atoms with Gasteiger partial charge in [-0.3, -0.25) is 20.0 Å². The van der Waals surface area contributed by atoms with Crippen LogP contribution in [0.5, 0.6) is 0 Å². The van der Waals surface area contributed by atoms with E-state index >= 15 is 0 Å². The molecule has 0 unspecified atom stereocenters. The number of hydrogen-bond acceptors (Lipinski definition) is 4. The molecule has 27 heteroatoms. The Morgan fingerprint density at radius 1 is 0.282 bits per heavy atom. The number of benzene rings is 5. The van der Waals surface area contributed by atoms with Gasteiger partial charge in [-0.25, -0.2) is 0 Å². The van der Waals surface area contributed by atoms with Gasteiger partial charge < -0.3 is 19.9 Å². The van der Waals surface area contributed by atoms with Gasteiger partial charge in [0.1, 0.15) is 0 Å². The number of nitrogens with one attached hydrogen (secondary N) is 4. The number of rotatable bonds is 16. The van der Waals surface area contributed by atoms with Crippen molar-refractivity contribution in [3.8, 4) is 11.1 Å². The molecule has 0 amide bonds. The number of H-pyrrole nitrogens is 4. The van der Waals surface area contributed by atoms with Crippen LogP contribution in [-0.4, -0.2) is 75.7 Å². The quantitative estimate of drug-likeness (QED) is 0.0420. The van der Waals surface area contributed by atoms with Gasteiger partial charge in [0.2, 0.25) is 0 Å². The van der Waals surface area contributed by atoms with Crippen molar-refractivity contribution >= 4 is 47.6 Å². The van der Waals surface area contributed by atoms with Crippen molar-refractivity contribution in [3.63, 3.8) is 0 Å². The number of aromatic nitrogens is 4.